The van der Waals surface area contributed by atoms with Crippen LogP contribution in [0.5, 0.6) is 0 Å². The van der Waals surface area contributed by atoms with Crippen molar-refractivity contribution < 1.29 is 0 Å². The predicted octanol–water partition coefficient (Wildman–Crippen LogP) is 2.91. The topological polar surface area (TPSA) is 30.7 Å². The largest absolute Gasteiger partial charge is 0.314 e. The molecule has 15 heavy (non-hydrogen) atoms. The first-order valence-corrected chi connectivity index (χ1v) is 6.08. The van der Waals surface area contributed by atoms with Gasteiger partial charge < -0.3 is 4.57 Å². The molecule has 0 amide bonds. The summed E-state index contributed by atoms with van der Waals surface area (Å²) in [5.41, 5.74) is 0.416. The maximum absolute atomic E-state index is 4.37. The lowest BCUT2D eigenvalue weighted by molar-refractivity contribution is 0.314. The van der Waals surface area contributed by atoms with Crippen molar-refractivity contribution in [2.45, 2.75) is 57.9 Å². The Morgan fingerprint density at radius 2 is 2.13 bits per heavy atom. The van der Waals surface area contributed by atoms with Gasteiger partial charge in [0.1, 0.15) is 12.2 Å². The smallest absolute Gasteiger partial charge is 0.136 e. The zero-order valence-electron chi connectivity index (χ0n) is 9.61. The van der Waals surface area contributed by atoms with E-state index in [9.17, 15) is 0 Å². The van der Waals surface area contributed by atoms with E-state index in [1.165, 1.54) is 37.9 Å². The van der Waals surface area contributed by atoms with E-state index in [1.54, 1.807) is 0 Å². The van der Waals surface area contributed by atoms with E-state index in [0.29, 0.717) is 17.4 Å². The molecule has 1 heterocycles. The number of aromatic nitrogens is 3. The van der Waals surface area contributed by atoms with Crippen molar-refractivity contribution in [3.05, 3.63) is 12.2 Å². The van der Waals surface area contributed by atoms with E-state index in [1.807, 2.05) is 6.33 Å². The quantitative estimate of drug-likeness (QED) is 0.743. The number of hydrogen-bond acceptors (Lipinski definition) is 2. The summed E-state index contributed by atoms with van der Waals surface area (Å²) in [6.45, 7) is 4.74. The van der Waals surface area contributed by atoms with Gasteiger partial charge in [0.2, 0.25) is 0 Å². The second-order valence-corrected chi connectivity index (χ2v) is 5.76. The Morgan fingerprint density at radius 1 is 1.33 bits per heavy atom. The molecule has 0 radical (unpaired) electrons. The van der Waals surface area contributed by atoms with Crippen LogP contribution in [0.3, 0.4) is 0 Å². The molecule has 1 aromatic rings. The summed E-state index contributed by atoms with van der Waals surface area (Å²) in [6.07, 6.45) is 8.53. The molecule has 3 rings (SSSR count). The Morgan fingerprint density at radius 3 is 2.73 bits per heavy atom. The molecule has 0 aromatic carbocycles. The Balaban J connectivity index is 1.94. The summed E-state index contributed by atoms with van der Waals surface area (Å²) in [7, 11) is 0. The highest BCUT2D eigenvalue weighted by molar-refractivity contribution is 5.08. The molecular formula is C12H19N3. The Kier molecular flexibility index (Phi) is 1.91. The maximum Gasteiger partial charge on any atom is 0.136 e. The van der Waals surface area contributed by atoms with E-state index >= 15 is 0 Å². The Labute approximate surface area is 90.9 Å². The second-order valence-electron chi connectivity index (χ2n) is 5.76. The van der Waals surface area contributed by atoms with Crippen LogP contribution in [0, 0.1) is 5.41 Å². The predicted molar refractivity (Wildman–Crippen MR) is 58.7 cm³/mol. The summed E-state index contributed by atoms with van der Waals surface area (Å²) in [5.74, 6) is 1.88. The number of hydrogen-bond donors (Lipinski definition) is 0. The summed E-state index contributed by atoms with van der Waals surface area (Å²) >= 11 is 0. The molecule has 1 unspecified atom stereocenters. The Hall–Kier alpha value is -0.860. The highest BCUT2D eigenvalue weighted by atomic mass is 15.3. The van der Waals surface area contributed by atoms with E-state index in [0.717, 1.165) is 0 Å². The molecule has 0 bridgehead atoms. The van der Waals surface area contributed by atoms with Crippen molar-refractivity contribution in [1.82, 2.24) is 14.8 Å². The van der Waals surface area contributed by atoms with E-state index in [4.69, 9.17) is 0 Å². The molecule has 3 heteroatoms. The average molecular weight is 205 g/mol. The van der Waals surface area contributed by atoms with Gasteiger partial charge in [0, 0.05) is 12.0 Å². The zero-order valence-corrected chi connectivity index (χ0v) is 9.61. The molecule has 1 atom stereocenters. The van der Waals surface area contributed by atoms with Gasteiger partial charge in [0.05, 0.1) is 0 Å². The molecule has 0 saturated heterocycles. The SMILES string of the molecule is CC1(C)CCCC1c1nncn1C1CC1. The first kappa shape index (κ1) is 9.37. The fraction of sp³-hybridized carbons (Fsp3) is 0.833. The van der Waals surface area contributed by atoms with Crippen LogP contribution in [0.1, 0.15) is 63.7 Å². The average Bonchev–Trinajstić information content (AvgIpc) is 2.81. The third kappa shape index (κ3) is 1.48. The van der Waals surface area contributed by atoms with E-state index in [-0.39, 0.29) is 0 Å². The van der Waals surface area contributed by atoms with Gasteiger partial charge in [-0.25, -0.2) is 0 Å². The van der Waals surface area contributed by atoms with Gasteiger partial charge >= 0.3 is 0 Å². The minimum absolute atomic E-state index is 0.416. The van der Waals surface area contributed by atoms with Crippen LogP contribution < -0.4 is 0 Å². The lowest BCUT2D eigenvalue weighted by Gasteiger charge is -2.26. The van der Waals surface area contributed by atoms with Crippen LogP contribution in [-0.4, -0.2) is 14.8 Å². The second kappa shape index (κ2) is 3.06. The highest BCUT2D eigenvalue weighted by Gasteiger charge is 2.40. The monoisotopic (exact) mass is 205 g/mol. The first-order valence-electron chi connectivity index (χ1n) is 6.08. The lowest BCUT2D eigenvalue weighted by Crippen LogP contribution is -2.19. The van der Waals surface area contributed by atoms with Crippen LogP contribution in [0.2, 0.25) is 0 Å². The first-order chi connectivity index (χ1) is 7.18. The molecule has 2 aliphatic rings. The van der Waals surface area contributed by atoms with Gasteiger partial charge in [-0.05, 0) is 31.1 Å². The van der Waals surface area contributed by atoms with Crippen LogP contribution in [0.15, 0.2) is 6.33 Å². The molecule has 82 valence electrons. The fourth-order valence-electron chi connectivity index (χ4n) is 2.94. The van der Waals surface area contributed by atoms with Gasteiger partial charge in [-0.1, -0.05) is 20.3 Å². The molecule has 1 aromatic heterocycles. The third-order valence-corrected chi connectivity index (χ3v) is 4.11. The van der Waals surface area contributed by atoms with E-state index in [2.05, 4.69) is 28.6 Å². The van der Waals surface area contributed by atoms with E-state index < -0.39 is 0 Å². The van der Waals surface area contributed by atoms with Crippen LogP contribution in [-0.2, 0) is 0 Å². The van der Waals surface area contributed by atoms with Crippen molar-refractivity contribution in [3.63, 3.8) is 0 Å². The Bertz CT molecular complexity index is 363. The van der Waals surface area contributed by atoms with Crippen molar-refractivity contribution >= 4 is 0 Å². The zero-order chi connectivity index (χ0) is 10.5. The maximum atomic E-state index is 4.37. The molecule has 2 saturated carbocycles. The summed E-state index contributed by atoms with van der Waals surface area (Å²) in [4.78, 5) is 0. The minimum atomic E-state index is 0.416. The number of rotatable bonds is 2. The molecule has 0 spiro atoms. The van der Waals surface area contributed by atoms with Crippen molar-refractivity contribution in [3.8, 4) is 0 Å². The molecule has 3 nitrogen and oxygen atoms in total. The van der Waals surface area contributed by atoms with Crippen LogP contribution >= 0.6 is 0 Å². The summed E-state index contributed by atoms with van der Waals surface area (Å²) in [5, 5.41) is 8.47. The summed E-state index contributed by atoms with van der Waals surface area (Å²) in [6, 6.07) is 0.714. The van der Waals surface area contributed by atoms with Gasteiger partial charge in [0.15, 0.2) is 0 Å². The van der Waals surface area contributed by atoms with Crippen LogP contribution in [0.25, 0.3) is 0 Å². The third-order valence-electron chi connectivity index (χ3n) is 4.11. The lowest BCUT2D eigenvalue weighted by atomic mass is 9.81. The molecule has 0 aliphatic heterocycles. The standard InChI is InChI=1S/C12H19N3/c1-12(2)7-3-4-10(12)11-14-13-8-15(11)9-5-6-9/h8-10H,3-7H2,1-2H3. The van der Waals surface area contributed by atoms with Gasteiger partial charge in [-0.2, -0.15) is 0 Å². The van der Waals surface area contributed by atoms with Crippen molar-refractivity contribution in [2.24, 2.45) is 5.41 Å². The normalized spacial score (nSPS) is 29.6. The van der Waals surface area contributed by atoms with Gasteiger partial charge in [0.25, 0.3) is 0 Å². The number of nitrogens with zero attached hydrogens (tertiary/aromatic N) is 3. The molecular weight excluding hydrogens is 186 g/mol. The minimum Gasteiger partial charge on any atom is -0.314 e. The summed E-state index contributed by atoms with van der Waals surface area (Å²) < 4.78 is 2.33. The van der Waals surface area contributed by atoms with Crippen molar-refractivity contribution in [2.75, 3.05) is 0 Å². The molecule has 2 fully saturated rings. The van der Waals surface area contributed by atoms with Crippen molar-refractivity contribution in [1.29, 1.82) is 0 Å². The fourth-order valence-corrected chi connectivity index (χ4v) is 2.94. The molecule has 0 N–H and O–H groups in total. The van der Waals surface area contributed by atoms with Gasteiger partial charge in [-0.15, -0.1) is 10.2 Å². The van der Waals surface area contributed by atoms with Gasteiger partial charge in [-0.3, -0.25) is 0 Å². The highest BCUT2D eigenvalue weighted by Crippen LogP contribution is 2.49. The molecule has 2 aliphatic carbocycles. The van der Waals surface area contributed by atoms with Crippen LogP contribution in [0.4, 0.5) is 0 Å².